The van der Waals surface area contributed by atoms with Gasteiger partial charge in [-0.25, -0.2) is 0 Å². The lowest BCUT2D eigenvalue weighted by atomic mass is 9.98. The molecule has 104 valence electrons. The van der Waals surface area contributed by atoms with Gasteiger partial charge in [0.15, 0.2) is 0 Å². The number of rotatable bonds is 2. The first-order chi connectivity index (χ1) is 9.04. The van der Waals surface area contributed by atoms with Crippen molar-refractivity contribution in [2.24, 2.45) is 7.05 Å². The number of nitrogens with one attached hydrogen (secondary N) is 1. The zero-order valence-electron chi connectivity index (χ0n) is 11.4. The fourth-order valence-corrected chi connectivity index (χ4v) is 3.95. The van der Waals surface area contributed by atoms with Crippen molar-refractivity contribution in [3.63, 3.8) is 0 Å². The van der Waals surface area contributed by atoms with E-state index in [1.807, 2.05) is 35.8 Å². The Labute approximate surface area is 122 Å². The molecule has 0 aromatic carbocycles. The first kappa shape index (κ1) is 13.2. The second-order valence-corrected chi connectivity index (χ2v) is 6.75. The monoisotopic (exact) mass is 325 g/mol. The summed E-state index contributed by atoms with van der Waals surface area (Å²) in [6.07, 6.45) is 6.62. The van der Waals surface area contributed by atoms with E-state index in [-0.39, 0.29) is 5.91 Å². The van der Waals surface area contributed by atoms with E-state index in [1.165, 1.54) is 12.8 Å². The molecule has 5 heteroatoms. The highest BCUT2D eigenvalue weighted by Crippen LogP contribution is 2.30. The average Bonchev–Trinajstić information content (AvgIpc) is 2.89. The summed E-state index contributed by atoms with van der Waals surface area (Å²) in [5, 5.41) is 3.62. The summed E-state index contributed by atoms with van der Waals surface area (Å²) < 4.78 is 2.84. The standard InChI is InChI=1S/C14H20BrN3O/c1-17-8-9(15)5-13(17)14(19)18(2)12-6-10-3-4-11(7-12)16-10/h5,8,10-12,16H,3-4,6-7H2,1-2H3. The van der Waals surface area contributed by atoms with Crippen LogP contribution in [0.15, 0.2) is 16.7 Å². The fourth-order valence-electron chi connectivity index (χ4n) is 3.43. The van der Waals surface area contributed by atoms with Crippen LogP contribution in [0.5, 0.6) is 0 Å². The molecule has 0 radical (unpaired) electrons. The van der Waals surface area contributed by atoms with Gasteiger partial charge in [0.05, 0.1) is 0 Å². The number of hydrogen-bond acceptors (Lipinski definition) is 2. The molecule has 1 amide bonds. The summed E-state index contributed by atoms with van der Waals surface area (Å²) >= 11 is 3.42. The molecule has 1 aromatic rings. The highest BCUT2D eigenvalue weighted by atomic mass is 79.9. The Hall–Kier alpha value is -0.810. The van der Waals surface area contributed by atoms with Crippen LogP contribution in [-0.2, 0) is 7.05 Å². The quantitative estimate of drug-likeness (QED) is 0.904. The maximum atomic E-state index is 12.6. The van der Waals surface area contributed by atoms with Crippen LogP contribution in [0.4, 0.5) is 0 Å². The molecule has 2 fully saturated rings. The second-order valence-electron chi connectivity index (χ2n) is 5.83. The minimum absolute atomic E-state index is 0.125. The molecule has 2 bridgehead atoms. The number of aryl methyl sites for hydroxylation is 1. The predicted octanol–water partition coefficient (Wildman–Crippen LogP) is 2.14. The second kappa shape index (κ2) is 4.94. The van der Waals surface area contributed by atoms with Crippen LogP contribution in [0.25, 0.3) is 0 Å². The topological polar surface area (TPSA) is 37.3 Å². The van der Waals surface area contributed by atoms with Gasteiger partial charge < -0.3 is 14.8 Å². The Balaban J connectivity index is 1.75. The Morgan fingerprint density at radius 3 is 2.58 bits per heavy atom. The third-order valence-electron chi connectivity index (χ3n) is 4.51. The molecule has 2 aliphatic heterocycles. The molecule has 0 aliphatic carbocycles. The van der Waals surface area contributed by atoms with E-state index < -0.39 is 0 Å². The van der Waals surface area contributed by atoms with Crippen molar-refractivity contribution in [1.29, 1.82) is 0 Å². The molecule has 2 saturated heterocycles. The predicted molar refractivity (Wildman–Crippen MR) is 78.2 cm³/mol. The van der Waals surface area contributed by atoms with E-state index in [2.05, 4.69) is 21.2 Å². The number of amides is 1. The Morgan fingerprint density at radius 1 is 1.42 bits per heavy atom. The molecule has 2 aliphatic rings. The van der Waals surface area contributed by atoms with Gasteiger partial charge >= 0.3 is 0 Å². The van der Waals surface area contributed by atoms with Crippen LogP contribution in [0.1, 0.15) is 36.2 Å². The molecule has 4 nitrogen and oxygen atoms in total. The summed E-state index contributed by atoms with van der Waals surface area (Å²) in [7, 11) is 3.86. The lowest BCUT2D eigenvalue weighted by Crippen LogP contribution is -2.49. The minimum atomic E-state index is 0.125. The Kier molecular flexibility index (Phi) is 3.43. The zero-order chi connectivity index (χ0) is 13.6. The number of fused-ring (bicyclic) bond motifs is 2. The van der Waals surface area contributed by atoms with Crippen molar-refractivity contribution in [2.75, 3.05) is 7.05 Å². The van der Waals surface area contributed by atoms with E-state index in [0.29, 0.717) is 18.1 Å². The van der Waals surface area contributed by atoms with Crippen LogP contribution in [0.2, 0.25) is 0 Å². The molecule has 3 rings (SSSR count). The highest BCUT2D eigenvalue weighted by Gasteiger charge is 2.36. The van der Waals surface area contributed by atoms with Crippen molar-refractivity contribution in [2.45, 2.75) is 43.8 Å². The van der Waals surface area contributed by atoms with E-state index in [1.54, 1.807) is 0 Å². The zero-order valence-corrected chi connectivity index (χ0v) is 13.0. The van der Waals surface area contributed by atoms with Gasteiger partial charge in [-0.3, -0.25) is 4.79 Å². The van der Waals surface area contributed by atoms with Gasteiger partial charge in [-0.05, 0) is 47.7 Å². The molecular weight excluding hydrogens is 306 g/mol. The number of hydrogen-bond donors (Lipinski definition) is 1. The number of carbonyl (C=O) groups excluding carboxylic acids is 1. The van der Waals surface area contributed by atoms with Gasteiger partial charge in [-0.1, -0.05) is 0 Å². The van der Waals surface area contributed by atoms with E-state index >= 15 is 0 Å². The van der Waals surface area contributed by atoms with Crippen LogP contribution < -0.4 is 5.32 Å². The molecule has 19 heavy (non-hydrogen) atoms. The van der Waals surface area contributed by atoms with Crippen molar-refractivity contribution in [1.82, 2.24) is 14.8 Å². The van der Waals surface area contributed by atoms with Crippen molar-refractivity contribution in [3.8, 4) is 0 Å². The van der Waals surface area contributed by atoms with Gasteiger partial charge in [-0.15, -0.1) is 0 Å². The van der Waals surface area contributed by atoms with Crippen LogP contribution in [0, 0.1) is 0 Å². The normalized spacial score (nSPS) is 29.5. The lowest BCUT2D eigenvalue weighted by molar-refractivity contribution is 0.0672. The molecular formula is C14H20BrN3O. The van der Waals surface area contributed by atoms with Crippen LogP contribution in [0.3, 0.4) is 0 Å². The van der Waals surface area contributed by atoms with Crippen LogP contribution in [-0.4, -0.2) is 40.5 Å². The maximum Gasteiger partial charge on any atom is 0.270 e. The Bertz CT molecular complexity index is 487. The molecule has 2 atom stereocenters. The summed E-state index contributed by atoms with van der Waals surface area (Å²) in [6, 6.07) is 3.49. The summed E-state index contributed by atoms with van der Waals surface area (Å²) in [5.41, 5.74) is 0.750. The first-order valence-electron chi connectivity index (χ1n) is 6.89. The fraction of sp³-hybridized carbons (Fsp3) is 0.643. The summed E-state index contributed by atoms with van der Waals surface area (Å²) in [5.74, 6) is 0.125. The van der Waals surface area contributed by atoms with Gasteiger partial charge in [0.2, 0.25) is 0 Å². The summed E-state index contributed by atoms with van der Waals surface area (Å²) in [4.78, 5) is 14.5. The molecule has 3 heterocycles. The molecule has 0 spiro atoms. The molecule has 0 saturated carbocycles. The highest BCUT2D eigenvalue weighted by molar-refractivity contribution is 9.10. The van der Waals surface area contributed by atoms with Gasteiger partial charge in [0, 0.05) is 42.9 Å². The molecule has 1 aromatic heterocycles. The van der Waals surface area contributed by atoms with Gasteiger partial charge in [0.1, 0.15) is 5.69 Å². The van der Waals surface area contributed by atoms with E-state index in [9.17, 15) is 4.79 Å². The maximum absolute atomic E-state index is 12.6. The molecule has 2 unspecified atom stereocenters. The number of aromatic nitrogens is 1. The van der Waals surface area contributed by atoms with Gasteiger partial charge in [0.25, 0.3) is 5.91 Å². The summed E-state index contributed by atoms with van der Waals surface area (Å²) in [6.45, 7) is 0. The smallest absolute Gasteiger partial charge is 0.270 e. The number of halogens is 1. The number of nitrogens with zero attached hydrogens (tertiary/aromatic N) is 2. The first-order valence-corrected chi connectivity index (χ1v) is 7.69. The number of piperidine rings is 1. The average molecular weight is 326 g/mol. The lowest BCUT2D eigenvalue weighted by Gasteiger charge is -2.35. The van der Waals surface area contributed by atoms with Gasteiger partial charge in [-0.2, -0.15) is 0 Å². The minimum Gasteiger partial charge on any atom is -0.345 e. The van der Waals surface area contributed by atoms with Crippen molar-refractivity contribution >= 4 is 21.8 Å². The largest absolute Gasteiger partial charge is 0.345 e. The SMILES string of the molecule is CN(C(=O)c1cc(Br)cn1C)C1CC2CCC(C1)N2. The Morgan fingerprint density at radius 2 is 2.05 bits per heavy atom. The van der Waals surface area contributed by atoms with Crippen molar-refractivity contribution in [3.05, 3.63) is 22.4 Å². The van der Waals surface area contributed by atoms with E-state index in [0.717, 1.165) is 23.0 Å². The van der Waals surface area contributed by atoms with Crippen molar-refractivity contribution < 1.29 is 4.79 Å². The van der Waals surface area contributed by atoms with Crippen LogP contribution >= 0.6 is 15.9 Å². The van der Waals surface area contributed by atoms with E-state index in [4.69, 9.17) is 0 Å². The number of carbonyl (C=O) groups is 1. The third-order valence-corrected chi connectivity index (χ3v) is 4.94. The molecule has 1 N–H and O–H groups in total. The third kappa shape index (κ3) is 2.46.